The number of likely N-dealkylation sites (tertiary alicyclic amines) is 1. The average Bonchev–Trinajstić information content (AvgIpc) is 2.61. The van der Waals surface area contributed by atoms with Crippen LogP contribution in [-0.4, -0.2) is 55.7 Å². The number of nitrogens with zero attached hydrogens (tertiary/aromatic N) is 2. The minimum Gasteiger partial charge on any atom is -0.494 e. The standard InChI is InChI=1S/C18H25FN2O4/c1-4-25-18(23)21-9-5-6-14(12-21)17(22)20(2)11-13-7-8-16(24-3)15(19)10-13/h7-8,10,14H,4-6,9,11-12H2,1-3H3. The summed E-state index contributed by atoms with van der Waals surface area (Å²) in [5.74, 6) is -0.585. The van der Waals surface area contributed by atoms with Crippen molar-refractivity contribution in [2.24, 2.45) is 5.92 Å². The first-order valence-electron chi connectivity index (χ1n) is 8.45. The minimum atomic E-state index is -0.452. The molecule has 1 heterocycles. The number of benzene rings is 1. The Hall–Kier alpha value is -2.31. The highest BCUT2D eigenvalue weighted by Crippen LogP contribution is 2.22. The van der Waals surface area contributed by atoms with Crippen LogP contribution in [0.5, 0.6) is 5.75 Å². The first-order chi connectivity index (χ1) is 12.0. The summed E-state index contributed by atoms with van der Waals surface area (Å²) in [6, 6.07) is 4.65. The molecule has 1 atom stereocenters. The smallest absolute Gasteiger partial charge is 0.409 e. The number of halogens is 1. The van der Waals surface area contributed by atoms with Crippen LogP contribution >= 0.6 is 0 Å². The fourth-order valence-electron chi connectivity index (χ4n) is 3.03. The first-order valence-corrected chi connectivity index (χ1v) is 8.45. The topological polar surface area (TPSA) is 59.1 Å². The number of rotatable bonds is 5. The molecule has 2 rings (SSSR count). The van der Waals surface area contributed by atoms with Crippen LogP contribution in [0.4, 0.5) is 9.18 Å². The number of ether oxygens (including phenoxy) is 2. The molecule has 7 heteroatoms. The van der Waals surface area contributed by atoms with Crippen LogP contribution in [0.1, 0.15) is 25.3 Å². The number of amides is 2. The van der Waals surface area contributed by atoms with Crippen molar-refractivity contribution >= 4 is 12.0 Å². The van der Waals surface area contributed by atoms with Crippen LogP contribution in [0.2, 0.25) is 0 Å². The Bertz CT molecular complexity index is 623. The van der Waals surface area contributed by atoms with Gasteiger partial charge < -0.3 is 19.3 Å². The molecule has 1 aliphatic heterocycles. The van der Waals surface area contributed by atoms with Gasteiger partial charge in [-0.3, -0.25) is 4.79 Å². The SMILES string of the molecule is CCOC(=O)N1CCCC(C(=O)N(C)Cc2ccc(OC)c(F)c2)C1. The monoisotopic (exact) mass is 352 g/mol. The van der Waals surface area contributed by atoms with Crippen LogP contribution < -0.4 is 4.74 Å². The molecule has 25 heavy (non-hydrogen) atoms. The molecule has 0 N–H and O–H groups in total. The second kappa shape index (κ2) is 8.69. The van der Waals surface area contributed by atoms with Crippen molar-refractivity contribution in [3.8, 4) is 5.75 Å². The largest absolute Gasteiger partial charge is 0.494 e. The Morgan fingerprint density at radius 2 is 2.16 bits per heavy atom. The third-order valence-electron chi connectivity index (χ3n) is 4.31. The van der Waals surface area contributed by atoms with Gasteiger partial charge in [0.25, 0.3) is 0 Å². The van der Waals surface area contributed by atoms with Gasteiger partial charge >= 0.3 is 6.09 Å². The van der Waals surface area contributed by atoms with Crippen LogP contribution in [-0.2, 0) is 16.1 Å². The predicted molar refractivity (Wildman–Crippen MR) is 90.7 cm³/mol. The Kier molecular flexibility index (Phi) is 6.61. The second-order valence-corrected chi connectivity index (χ2v) is 6.15. The summed E-state index contributed by atoms with van der Waals surface area (Å²) < 4.78 is 23.7. The number of hydrogen-bond donors (Lipinski definition) is 0. The number of carbonyl (C=O) groups excluding carboxylic acids is 2. The van der Waals surface area contributed by atoms with Gasteiger partial charge in [0, 0.05) is 26.7 Å². The molecule has 138 valence electrons. The zero-order chi connectivity index (χ0) is 18.4. The van der Waals surface area contributed by atoms with Crippen molar-refractivity contribution in [2.45, 2.75) is 26.3 Å². The third kappa shape index (κ3) is 4.84. The van der Waals surface area contributed by atoms with E-state index in [-0.39, 0.29) is 23.7 Å². The minimum absolute atomic E-state index is 0.0507. The fraction of sp³-hybridized carbons (Fsp3) is 0.556. The maximum Gasteiger partial charge on any atom is 0.409 e. The fourth-order valence-corrected chi connectivity index (χ4v) is 3.03. The van der Waals surface area contributed by atoms with Gasteiger partial charge in [-0.05, 0) is 37.5 Å². The van der Waals surface area contributed by atoms with Crippen LogP contribution in [0.25, 0.3) is 0 Å². The lowest BCUT2D eigenvalue weighted by Gasteiger charge is -2.33. The Labute approximate surface area is 147 Å². The van der Waals surface area contributed by atoms with Gasteiger partial charge in [0.15, 0.2) is 11.6 Å². The lowest BCUT2D eigenvalue weighted by atomic mass is 9.96. The molecule has 1 aliphatic rings. The Morgan fingerprint density at radius 3 is 2.80 bits per heavy atom. The lowest BCUT2D eigenvalue weighted by molar-refractivity contribution is -0.136. The van der Waals surface area contributed by atoms with E-state index in [4.69, 9.17) is 9.47 Å². The van der Waals surface area contributed by atoms with Gasteiger partial charge in [-0.2, -0.15) is 0 Å². The van der Waals surface area contributed by atoms with Crippen molar-refractivity contribution < 1.29 is 23.5 Å². The molecule has 1 saturated heterocycles. The zero-order valence-corrected chi connectivity index (χ0v) is 15.0. The summed E-state index contributed by atoms with van der Waals surface area (Å²) in [4.78, 5) is 27.7. The van der Waals surface area contributed by atoms with Gasteiger partial charge in [0.2, 0.25) is 5.91 Å². The molecule has 1 aromatic carbocycles. The summed E-state index contributed by atoms with van der Waals surface area (Å²) in [5.41, 5.74) is 0.687. The lowest BCUT2D eigenvalue weighted by Crippen LogP contribution is -2.45. The number of hydrogen-bond acceptors (Lipinski definition) is 4. The van der Waals surface area contributed by atoms with E-state index in [0.29, 0.717) is 31.8 Å². The molecule has 0 saturated carbocycles. The Morgan fingerprint density at radius 1 is 1.40 bits per heavy atom. The number of methoxy groups -OCH3 is 1. The van der Waals surface area contributed by atoms with E-state index in [9.17, 15) is 14.0 Å². The molecular weight excluding hydrogens is 327 g/mol. The van der Waals surface area contributed by atoms with E-state index in [0.717, 1.165) is 12.8 Å². The van der Waals surface area contributed by atoms with Crippen molar-refractivity contribution in [3.63, 3.8) is 0 Å². The van der Waals surface area contributed by atoms with E-state index < -0.39 is 5.82 Å². The van der Waals surface area contributed by atoms with Gasteiger partial charge in [-0.25, -0.2) is 9.18 Å². The third-order valence-corrected chi connectivity index (χ3v) is 4.31. The van der Waals surface area contributed by atoms with Gasteiger partial charge in [-0.15, -0.1) is 0 Å². The van der Waals surface area contributed by atoms with Crippen molar-refractivity contribution in [1.82, 2.24) is 9.80 Å². The van der Waals surface area contributed by atoms with Crippen LogP contribution in [0.15, 0.2) is 18.2 Å². The van der Waals surface area contributed by atoms with Crippen LogP contribution in [0.3, 0.4) is 0 Å². The molecule has 1 unspecified atom stereocenters. The van der Waals surface area contributed by atoms with Crippen molar-refractivity contribution in [3.05, 3.63) is 29.6 Å². The highest BCUT2D eigenvalue weighted by atomic mass is 19.1. The maximum absolute atomic E-state index is 13.8. The molecule has 0 aromatic heterocycles. The molecule has 2 amide bonds. The van der Waals surface area contributed by atoms with Gasteiger partial charge in [0.05, 0.1) is 19.6 Å². The summed E-state index contributed by atoms with van der Waals surface area (Å²) >= 11 is 0. The molecule has 0 radical (unpaired) electrons. The van der Waals surface area contributed by atoms with Crippen LogP contribution in [0, 0.1) is 11.7 Å². The second-order valence-electron chi connectivity index (χ2n) is 6.15. The molecular formula is C18H25FN2O4. The summed E-state index contributed by atoms with van der Waals surface area (Å²) in [6.45, 7) is 3.34. The number of carbonyl (C=O) groups is 2. The summed E-state index contributed by atoms with van der Waals surface area (Å²) in [7, 11) is 3.10. The molecule has 0 aliphatic carbocycles. The van der Waals surface area contributed by atoms with E-state index >= 15 is 0 Å². The van der Waals surface area contributed by atoms with E-state index in [1.807, 2.05) is 0 Å². The molecule has 0 spiro atoms. The molecule has 1 fully saturated rings. The van der Waals surface area contributed by atoms with Gasteiger partial charge in [-0.1, -0.05) is 6.07 Å². The highest BCUT2D eigenvalue weighted by molar-refractivity contribution is 5.80. The van der Waals surface area contributed by atoms with E-state index in [2.05, 4.69) is 0 Å². The van der Waals surface area contributed by atoms with Crippen molar-refractivity contribution in [1.29, 1.82) is 0 Å². The Balaban J connectivity index is 1.97. The van der Waals surface area contributed by atoms with E-state index in [1.54, 1.807) is 35.9 Å². The normalized spacial score (nSPS) is 17.1. The molecule has 6 nitrogen and oxygen atoms in total. The van der Waals surface area contributed by atoms with Gasteiger partial charge in [0.1, 0.15) is 0 Å². The highest BCUT2D eigenvalue weighted by Gasteiger charge is 2.30. The maximum atomic E-state index is 13.8. The number of piperidine rings is 1. The zero-order valence-electron chi connectivity index (χ0n) is 15.0. The first kappa shape index (κ1) is 19.0. The quantitative estimate of drug-likeness (QED) is 0.817. The van der Waals surface area contributed by atoms with Crippen molar-refractivity contribution in [2.75, 3.05) is 33.9 Å². The molecule has 0 bridgehead atoms. The summed E-state index contributed by atoms with van der Waals surface area (Å²) in [6.07, 6.45) is 1.12. The molecule has 1 aromatic rings. The summed E-state index contributed by atoms with van der Waals surface area (Å²) in [5, 5.41) is 0. The predicted octanol–water partition coefficient (Wildman–Crippen LogP) is 2.66. The average molecular weight is 352 g/mol. The van der Waals surface area contributed by atoms with E-state index in [1.165, 1.54) is 13.2 Å².